The Balaban J connectivity index is 2.53. The molecule has 0 heterocycles. The fourth-order valence-corrected chi connectivity index (χ4v) is 1.17. The minimum Gasteiger partial charge on any atom is -0.489 e. The lowest BCUT2D eigenvalue weighted by molar-refractivity contribution is -0.118. The van der Waals surface area contributed by atoms with Gasteiger partial charge >= 0.3 is 0 Å². The normalized spacial score (nSPS) is 9.53. The number of hydrogen-bond donors (Lipinski definition) is 2. The van der Waals surface area contributed by atoms with Crippen molar-refractivity contribution in [3.8, 4) is 5.75 Å². The Labute approximate surface area is 102 Å². The molecule has 4 nitrogen and oxygen atoms in total. The molecule has 1 aromatic rings. The lowest BCUT2D eigenvalue weighted by atomic mass is 10.3. The number of amides is 1. The third-order valence-electron chi connectivity index (χ3n) is 2.05. The van der Waals surface area contributed by atoms with Crippen LogP contribution in [0.3, 0.4) is 0 Å². The summed E-state index contributed by atoms with van der Waals surface area (Å²) in [7, 11) is 1.61. The zero-order valence-electron chi connectivity index (χ0n) is 10.2. The van der Waals surface area contributed by atoms with Gasteiger partial charge in [-0.2, -0.15) is 0 Å². The molecule has 0 spiro atoms. The van der Waals surface area contributed by atoms with Crippen LogP contribution in [0, 0.1) is 0 Å². The van der Waals surface area contributed by atoms with Crippen molar-refractivity contribution in [2.75, 3.05) is 25.5 Å². The van der Waals surface area contributed by atoms with E-state index in [1.54, 1.807) is 7.05 Å². The van der Waals surface area contributed by atoms with Crippen LogP contribution in [-0.4, -0.2) is 26.1 Å². The Bertz CT molecular complexity index is 402. The van der Waals surface area contributed by atoms with Crippen molar-refractivity contribution >= 4 is 11.6 Å². The summed E-state index contributed by atoms with van der Waals surface area (Å²) < 4.78 is 5.50. The molecule has 0 aliphatic heterocycles. The molecule has 0 atom stereocenters. The molecular formula is C13H18N2O2. The van der Waals surface area contributed by atoms with Crippen LogP contribution in [0.15, 0.2) is 36.4 Å². The molecule has 0 aliphatic rings. The van der Waals surface area contributed by atoms with E-state index >= 15 is 0 Å². The Kier molecular flexibility index (Phi) is 5.07. The van der Waals surface area contributed by atoms with Gasteiger partial charge in [0.15, 0.2) is 0 Å². The lowest BCUT2D eigenvalue weighted by Gasteiger charge is -2.09. The predicted octanol–water partition coefficient (Wildman–Crippen LogP) is 1.80. The number of ether oxygens (including phenoxy) is 1. The highest BCUT2D eigenvalue weighted by atomic mass is 16.5. The Morgan fingerprint density at radius 2 is 2.24 bits per heavy atom. The second-order valence-corrected chi connectivity index (χ2v) is 3.80. The Morgan fingerprint density at radius 1 is 1.47 bits per heavy atom. The van der Waals surface area contributed by atoms with E-state index in [2.05, 4.69) is 17.2 Å². The molecule has 2 N–H and O–H groups in total. The van der Waals surface area contributed by atoms with E-state index in [0.29, 0.717) is 6.61 Å². The minimum absolute atomic E-state index is 0.0572. The molecule has 0 saturated heterocycles. The van der Waals surface area contributed by atoms with Crippen molar-refractivity contribution in [2.24, 2.45) is 0 Å². The SMILES string of the molecule is C=C(C)COc1cccc(NCC(=O)NC)c1. The quantitative estimate of drug-likeness (QED) is 0.738. The average Bonchev–Trinajstić information content (AvgIpc) is 2.34. The van der Waals surface area contributed by atoms with Crippen molar-refractivity contribution in [3.63, 3.8) is 0 Å². The first-order valence-corrected chi connectivity index (χ1v) is 5.43. The van der Waals surface area contributed by atoms with Gasteiger partial charge in [-0.15, -0.1) is 0 Å². The zero-order chi connectivity index (χ0) is 12.7. The molecule has 1 rings (SSSR count). The van der Waals surface area contributed by atoms with Crippen LogP contribution >= 0.6 is 0 Å². The van der Waals surface area contributed by atoms with Crippen molar-refractivity contribution < 1.29 is 9.53 Å². The summed E-state index contributed by atoms with van der Waals surface area (Å²) in [6, 6.07) is 7.48. The van der Waals surface area contributed by atoms with E-state index in [9.17, 15) is 4.79 Å². The van der Waals surface area contributed by atoms with E-state index in [-0.39, 0.29) is 12.5 Å². The summed E-state index contributed by atoms with van der Waals surface area (Å²) in [4.78, 5) is 11.1. The van der Waals surface area contributed by atoms with Gasteiger partial charge < -0.3 is 15.4 Å². The highest BCUT2D eigenvalue weighted by molar-refractivity contribution is 5.80. The van der Waals surface area contributed by atoms with Crippen LogP contribution in [0.25, 0.3) is 0 Å². The van der Waals surface area contributed by atoms with Crippen LogP contribution in [0.4, 0.5) is 5.69 Å². The first kappa shape index (κ1) is 13.1. The molecule has 0 aliphatic carbocycles. The smallest absolute Gasteiger partial charge is 0.239 e. The zero-order valence-corrected chi connectivity index (χ0v) is 10.2. The average molecular weight is 234 g/mol. The topological polar surface area (TPSA) is 50.4 Å². The Morgan fingerprint density at radius 3 is 2.88 bits per heavy atom. The first-order valence-electron chi connectivity index (χ1n) is 5.43. The Hall–Kier alpha value is -1.97. The summed E-state index contributed by atoms with van der Waals surface area (Å²) in [5.74, 6) is 0.702. The molecule has 17 heavy (non-hydrogen) atoms. The van der Waals surface area contributed by atoms with Crippen molar-refractivity contribution in [2.45, 2.75) is 6.92 Å². The van der Waals surface area contributed by atoms with E-state index in [1.807, 2.05) is 31.2 Å². The number of likely N-dealkylation sites (N-methyl/N-ethyl adjacent to an activating group) is 1. The standard InChI is InChI=1S/C13H18N2O2/c1-10(2)9-17-12-6-4-5-11(7-12)15-8-13(16)14-3/h4-7,15H,1,8-9H2,2-3H3,(H,14,16). The molecule has 0 radical (unpaired) electrons. The third kappa shape index (κ3) is 5.06. The lowest BCUT2D eigenvalue weighted by Crippen LogP contribution is -2.26. The third-order valence-corrected chi connectivity index (χ3v) is 2.05. The van der Waals surface area contributed by atoms with Crippen LogP contribution in [-0.2, 0) is 4.79 Å². The van der Waals surface area contributed by atoms with E-state index in [0.717, 1.165) is 17.0 Å². The second kappa shape index (κ2) is 6.58. The number of anilines is 1. The number of carbonyl (C=O) groups is 1. The van der Waals surface area contributed by atoms with Crippen LogP contribution in [0.2, 0.25) is 0 Å². The molecule has 4 heteroatoms. The number of benzene rings is 1. The van der Waals surface area contributed by atoms with Crippen molar-refractivity contribution in [3.05, 3.63) is 36.4 Å². The van der Waals surface area contributed by atoms with Gasteiger partial charge in [-0.25, -0.2) is 0 Å². The van der Waals surface area contributed by atoms with Gasteiger partial charge in [0.05, 0.1) is 6.54 Å². The monoisotopic (exact) mass is 234 g/mol. The maximum absolute atomic E-state index is 11.1. The number of carbonyl (C=O) groups excluding carboxylic acids is 1. The highest BCUT2D eigenvalue weighted by Crippen LogP contribution is 2.17. The fraction of sp³-hybridized carbons (Fsp3) is 0.308. The molecule has 0 aromatic heterocycles. The van der Waals surface area contributed by atoms with Crippen molar-refractivity contribution in [1.82, 2.24) is 5.32 Å². The van der Waals surface area contributed by atoms with Gasteiger partial charge in [0.1, 0.15) is 12.4 Å². The van der Waals surface area contributed by atoms with E-state index in [1.165, 1.54) is 0 Å². The van der Waals surface area contributed by atoms with Crippen LogP contribution < -0.4 is 15.4 Å². The molecule has 0 saturated carbocycles. The highest BCUT2D eigenvalue weighted by Gasteiger charge is 1.99. The molecular weight excluding hydrogens is 216 g/mol. The molecule has 1 amide bonds. The van der Waals surface area contributed by atoms with Gasteiger partial charge in [0, 0.05) is 18.8 Å². The molecule has 92 valence electrons. The summed E-state index contributed by atoms with van der Waals surface area (Å²) in [6.45, 7) is 6.43. The number of nitrogens with one attached hydrogen (secondary N) is 2. The summed E-state index contributed by atoms with van der Waals surface area (Å²) >= 11 is 0. The van der Waals surface area contributed by atoms with Crippen LogP contribution in [0.5, 0.6) is 5.75 Å². The van der Waals surface area contributed by atoms with Gasteiger partial charge in [0.25, 0.3) is 0 Å². The first-order chi connectivity index (χ1) is 8.11. The number of rotatable bonds is 6. The molecule has 0 bridgehead atoms. The molecule has 0 unspecified atom stereocenters. The molecule has 1 aromatic carbocycles. The van der Waals surface area contributed by atoms with E-state index in [4.69, 9.17) is 4.74 Å². The van der Waals surface area contributed by atoms with Crippen LogP contribution in [0.1, 0.15) is 6.92 Å². The predicted molar refractivity (Wildman–Crippen MR) is 69.3 cm³/mol. The number of hydrogen-bond acceptors (Lipinski definition) is 3. The van der Waals surface area contributed by atoms with Gasteiger partial charge in [0.2, 0.25) is 5.91 Å². The van der Waals surface area contributed by atoms with Gasteiger partial charge in [-0.3, -0.25) is 4.79 Å². The minimum atomic E-state index is -0.0572. The second-order valence-electron chi connectivity index (χ2n) is 3.80. The maximum atomic E-state index is 11.1. The van der Waals surface area contributed by atoms with Gasteiger partial charge in [-0.1, -0.05) is 12.6 Å². The summed E-state index contributed by atoms with van der Waals surface area (Å²) in [5.41, 5.74) is 1.82. The fourth-order valence-electron chi connectivity index (χ4n) is 1.17. The summed E-state index contributed by atoms with van der Waals surface area (Å²) in [6.07, 6.45) is 0. The largest absolute Gasteiger partial charge is 0.489 e. The summed E-state index contributed by atoms with van der Waals surface area (Å²) in [5, 5.41) is 5.55. The molecule has 0 fully saturated rings. The van der Waals surface area contributed by atoms with Gasteiger partial charge in [-0.05, 0) is 24.6 Å². The van der Waals surface area contributed by atoms with E-state index < -0.39 is 0 Å². The van der Waals surface area contributed by atoms with Crippen molar-refractivity contribution in [1.29, 1.82) is 0 Å². The maximum Gasteiger partial charge on any atom is 0.239 e.